The first-order chi connectivity index (χ1) is 15.9. The van der Waals surface area contributed by atoms with Crippen molar-refractivity contribution >= 4 is 28.4 Å². The Hall–Kier alpha value is -4.33. The van der Waals surface area contributed by atoms with Crippen LogP contribution in [0.5, 0.6) is 5.75 Å². The minimum absolute atomic E-state index is 0.131. The van der Waals surface area contributed by atoms with E-state index in [4.69, 9.17) is 4.74 Å². The van der Waals surface area contributed by atoms with Gasteiger partial charge < -0.3 is 14.6 Å². The van der Waals surface area contributed by atoms with Gasteiger partial charge in [-0.1, -0.05) is 6.07 Å². The zero-order valence-corrected chi connectivity index (χ0v) is 18.0. The molecule has 0 unspecified atom stereocenters. The molecule has 0 atom stereocenters. The summed E-state index contributed by atoms with van der Waals surface area (Å²) in [6, 6.07) is 15.1. The summed E-state index contributed by atoms with van der Waals surface area (Å²) < 4.78 is 19.9. The zero-order valence-electron chi connectivity index (χ0n) is 18.0. The van der Waals surface area contributed by atoms with E-state index < -0.39 is 17.0 Å². The highest BCUT2D eigenvalue weighted by molar-refractivity contribution is 6.10. The molecule has 2 aromatic carbocycles. The lowest BCUT2D eigenvalue weighted by Crippen LogP contribution is -2.25. The lowest BCUT2D eigenvalue weighted by Gasteiger charge is -2.13. The number of nitrogens with one attached hydrogen (secondary N) is 1. The van der Waals surface area contributed by atoms with Gasteiger partial charge in [-0.25, -0.2) is 9.37 Å². The van der Waals surface area contributed by atoms with Crippen LogP contribution in [-0.4, -0.2) is 28.4 Å². The molecule has 4 aromatic rings. The van der Waals surface area contributed by atoms with Gasteiger partial charge in [-0.2, -0.15) is 0 Å². The summed E-state index contributed by atoms with van der Waals surface area (Å²) in [6.45, 7) is 1.58. The number of carbonyl (C=O) groups is 2. The van der Waals surface area contributed by atoms with Crippen LogP contribution < -0.4 is 15.5 Å². The predicted octanol–water partition coefficient (Wildman–Crippen LogP) is 3.72. The number of benzene rings is 2. The van der Waals surface area contributed by atoms with Gasteiger partial charge in [-0.05, 0) is 55.5 Å². The topological polar surface area (TPSA) is 90.3 Å². The van der Waals surface area contributed by atoms with Crippen molar-refractivity contribution in [2.24, 2.45) is 0 Å². The van der Waals surface area contributed by atoms with E-state index in [0.717, 1.165) is 12.1 Å². The van der Waals surface area contributed by atoms with E-state index in [-0.39, 0.29) is 34.6 Å². The quantitative estimate of drug-likeness (QED) is 0.457. The number of halogens is 1. The molecular formula is C25H20FN3O4. The summed E-state index contributed by atoms with van der Waals surface area (Å²) in [5, 5.41) is 2.98. The number of rotatable bonds is 6. The summed E-state index contributed by atoms with van der Waals surface area (Å²) in [7, 11) is 1.53. The minimum Gasteiger partial charge on any atom is -0.497 e. The van der Waals surface area contributed by atoms with E-state index in [1.165, 1.54) is 30.0 Å². The van der Waals surface area contributed by atoms with E-state index >= 15 is 0 Å². The molecule has 0 saturated heterocycles. The van der Waals surface area contributed by atoms with Gasteiger partial charge in [0.05, 0.1) is 18.1 Å². The van der Waals surface area contributed by atoms with Crippen LogP contribution in [0.2, 0.25) is 0 Å². The Morgan fingerprint density at radius 1 is 1.09 bits per heavy atom. The number of nitrogens with zero attached hydrogens (tertiary/aromatic N) is 2. The molecule has 33 heavy (non-hydrogen) atoms. The number of fused-ring (bicyclic) bond motifs is 1. The summed E-state index contributed by atoms with van der Waals surface area (Å²) in [5.41, 5.74) is 1.01. The van der Waals surface area contributed by atoms with Crippen LogP contribution in [-0.2, 0) is 11.3 Å². The molecule has 2 aromatic heterocycles. The molecule has 166 valence electrons. The summed E-state index contributed by atoms with van der Waals surface area (Å²) in [5.74, 6) is -0.844. The van der Waals surface area contributed by atoms with Crippen LogP contribution >= 0.6 is 0 Å². The largest absolute Gasteiger partial charge is 0.497 e. The first-order valence-electron chi connectivity index (χ1n) is 10.1. The lowest BCUT2D eigenvalue weighted by molar-refractivity contribution is -0.116. The van der Waals surface area contributed by atoms with Crippen molar-refractivity contribution in [1.29, 1.82) is 0 Å². The first kappa shape index (κ1) is 21.9. The molecule has 0 bridgehead atoms. The van der Waals surface area contributed by atoms with Crippen molar-refractivity contribution in [1.82, 2.24) is 9.55 Å². The standard InChI is InChI=1S/C25H20FN3O4/c1-15-6-11-20-24(32)21(23(31)16-7-9-17(26)10-8-16)13-29(25(20)27-15)14-22(30)28-18-4-3-5-19(12-18)33-2/h3-13H,14H2,1-2H3,(H,28,30). The first-order valence-corrected chi connectivity index (χ1v) is 10.1. The molecule has 0 saturated carbocycles. The number of anilines is 1. The highest BCUT2D eigenvalue weighted by Gasteiger charge is 2.19. The van der Waals surface area contributed by atoms with E-state index in [0.29, 0.717) is 17.1 Å². The molecule has 7 nitrogen and oxygen atoms in total. The van der Waals surface area contributed by atoms with E-state index in [2.05, 4.69) is 10.3 Å². The van der Waals surface area contributed by atoms with Crippen molar-refractivity contribution in [2.75, 3.05) is 12.4 Å². The normalized spacial score (nSPS) is 10.8. The maximum Gasteiger partial charge on any atom is 0.244 e. The van der Waals surface area contributed by atoms with Gasteiger partial charge in [-0.15, -0.1) is 0 Å². The van der Waals surface area contributed by atoms with Crippen molar-refractivity contribution < 1.29 is 18.7 Å². The monoisotopic (exact) mass is 445 g/mol. The molecule has 8 heteroatoms. The van der Waals surface area contributed by atoms with Crippen LogP contribution in [0.3, 0.4) is 0 Å². The van der Waals surface area contributed by atoms with Gasteiger partial charge in [0.1, 0.15) is 23.8 Å². The maximum atomic E-state index is 13.3. The van der Waals surface area contributed by atoms with Crippen molar-refractivity contribution in [3.8, 4) is 5.75 Å². The number of methoxy groups -OCH3 is 1. The number of carbonyl (C=O) groups excluding carboxylic acids is 2. The highest BCUT2D eigenvalue weighted by Crippen LogP contribution is 2.18. The van der Waals surface area contributed by atoms with Crippen LogP contribution in [0.4, 0.5) is 10.1 Å². The van der Waals surface area contributed by atoms with Crippen LogP contribution in [0.25, 0.3) is 11.0 Å². The Balaban J connectivity index is 1.74. The molecule has 0 fully saturated rings. The van der Waals surface area contributed by atoms with Crippen molar-refractivity contribution in [3.63, 3.8) is 0 Å². The summed E-state index contributed by atoms with van der Waals surface area (Å²) in [4.78, 5) is 43.3. The zero-order chi connectivity index (χ0) is 23.5. The molecule has 2 heterocycles. The van der Waals surface area contributed by atoms with E-state index in [9.17, 15) is 18.8 Å². The Kier molecular flexibility index (Phi) is 5.99. The fraction of sp³-hybridized carbons (Fsp3) is 0.120. The third-order valence-electron chi connectivity index (χ3n) is 5.08. The maximum absolute atomic E-state index is 13.3. The molecule has 0 aliphatic carbocycles. The number of hydrogen-bond donors (Lipinski definition) is 1. The summed E-state index contributed by atoms with van der Waals surface area (Å²) in [6.07, 6.45) is 1.33. The number of aryl methyl sites for hydroxylation is 1. The minimum atomic E-state index is -0.565. The predicted molar refractivity (Wildman–Crippen MR) is 122 cm³/mol. The molecule has 0 aliphatic rings. The molecule has 0 spiro atoms. The summed E-state index contributed by atoms with van der Waals surface area (Å²) >= 11 is 0. The highest BCUT2D eigenvalue weighted by atomic mass is 19.1. The van der Waals surface area contributed by atoms with Crippen molar-refractivity contribution in [2.45, 2.75) is 13.5 Å². The van der Waals surface area contributed by atoms with Crippen LogP contribution in [0.1, 0.15) is 21.6 Å². The van der Waals surface area contributed by atoms with E-state index in [1.807, 2.05) is 0 Å². The van der Waals surface area contributed by atoms with Gasteiger partial charge in [0, 0.05) is 29.2 Å². The Bertz CT molecular complexity index is 1430. The van der Waals surface area contributed by atoms with Crippen LogP contribution in [0.15, 0.2) is 71.7 Å². The average Bonchev–Trinajstić information content (AvgIpc) is 2.81. The second-order valence-corrected chi connectivity index (χ2v) is 7.44. The fourth-order valence-electron chi connectivity index (χ4n) is 3.45. The van der Waals surface area contributed by atoms with Crippen LogP contribution in [0, 0.1) is 12.7 Å². The number of ether oxygens (including phenoxy) is 1. The number of ketones is 1. The Morgan fingerprint density at radius 3 is 2.58 bits per heavy atom. The fourth-order valence-corrected chi connectivity index (χ4v) is 3.45. The number of amides is 1. The number of aromatic nitrogens is 2. The van der Waals surface area contributed by atoms with Gasteiger partial charge in [-0.3, -0.25) is 14.4 Å². The van der Waals surface area contributed by atoms with Gasteiger partial charge in [0.2, 0.25) is 11.3 Å². The molecule has 4 rings (SSSR count). The lowest BCUT2D eigenvalue weighted by atomic mass is 10.0. The smallest absolute Gasteiger partial charge is 0.244 e. The average molecular weight is 445 g/mol. The Morgan fingerprint density at radius 2 is 1.85 bits per heavy atom. The molecule has 0 aliphatic heterocycles. The SMILES string of the molecule is COc1cccc(NC(=O)Cn2cc(C(=O)c3ccc(F)cc3)c(=O)c3ccc(C)nc32)c1. The Labute approximate surface area is 188 Å². The third-order valence-corrected chi connectivity index (χ3v) is 5.08. The van der Waals surface area contributed by atoms with Gasteiger partial charge in [0.15, 0.2) is 5.78 Å². The van der Waals surface area contributed by atoms with E-state index in [1.54, 1.807) is 43.3 Å². The number of hydrogen-bond acceptors (Lipinski definition) is 5. The molecule has 0 radical (unpaired) electrons. The van der Waals surface area contributed by atoms with Gasteiger partial charge >= 0.3 is 0 Å². The molecular weight excluding hydrogens is 425 g/mol. The van der Waals surface area contributed by atoms with Gasteiger partial charge in [0.25, 0.3) is 0 Å². The molecule has 1 amide bonds. The third kappa shape index (κ3) is 4.64. The molecule has 1 N–H and O–H groups in total. The number of pyridine rings is 2. The second-order valence-electron chi connectivity index (χ2n) is 7.44. The second kappa shape index (κ2) is 9.04. The van der Waals surface area contributed by atoms with Crippen molar-refractivity contribution in [3.05, 3.63) is 99.7 Å².